The van der Waals surface area contributed by atoms with Gasteiger partial charge in [-0.25, -0.2) is 4.79 Å². The number of benzene rings is 1. The minimum absolute atomic E-state index is 0.107. The Hall–Kier alpha value is -2.17. The van der Waals surface area contributed by atoms with E-state index in [0.29, 0.717) is 11.5 Å². The van der Waals surface area contributed by atoms with Gasteiger partial charge in [0, 0.05) is 0 Å². The van der Waals surface area contributed by atoms with Gasteiger partial charge in [-0.3, -0.25) is 4.79 Å². The highest BCUT2D eigenvalue weighted by Crippen LogP contribution is 2.23. The van der Waals surface area contributed by atoms with Crippen molar-refractivity contribution >= 4 is 23.4 Å². The highest BCUT2D eigenvalue weighted by Gasteiger charge is 2.24. The maximum Gasteiger partial charge on any atom is 0.337 e. The average molecular weight is 218 g/mol. The van der Waals surface area contributed by atoms with Gasteiger partial charge < -0.3 is 10.0 Å². The van der Waals surface area contributed by atoms with Crippen LogP contribution in [-0.4, -0.2) is 29.4 Å². The summed E-state index contributed by atoms with van der Waals surface area (Å²) in [6, 6.07) is 6.56. The number of amidine groups is 1. The standard InChI is InChI=1S/C11H10N2O3/c1-7-12-10(14)6-13(7)9-5-3-2-4-8(9)11(15)16/h2-5H,6H2,1H3,(H,15,16). The zero-order valence-electron chi connectivity index (χ0n) is 8.67. The van der Waals surface area contributed by atoms with E-state index in [1.165, 1.54) is 6.07 Å². The molecule has 0 unspecified atom stereocenters. The van der Waals surface area contributed by atoms with Gasteiger partial charge in [-0.05, 0) is 19.1 Å². The Labute approximate surface area is 92.0 Å². The van der Waals surface area contributed by atoms with Gasteiger partial charge >= 0.3 is 5.97 Å². The van der Waals surface area contributed by atoms with Crippen molar-refractivity contribution in [2.45, 2.75) is 6.92 Å². The molecule has 1 N–H and O–H groups in total. The van der Waals surface area contributed by atoms with Crippen molar-refractivity contribution in [3.8, 4) is 0 Å². The summed E-state index contributed by atoms with van der Waals surface area (Å²) in [5.74, 6) is -0.737. The predicted octanol–water partition coefficient (Wildman–Crippen LogP) is 1.15. The molecule has 0 bridgehead atoms. The second-order valence-corrected chi connectivity index (χ2v) is 3.46. The smallest absolute Gasteiger partial charge is 0.337 e. The minimum Gasteiger partial charge on any atom is -0.478 e. The Morgan fingerprint density at radius 2 is 2.12 bits per heavy atom. The molecule has 0 saturated heterocycles. The maximum atomic E-state index is 11.1. The Morgan fingerprint density at radius 1 is 1.44 bits per heavy atom. The topological polar surface area (TPSA) is 70.0 Å². The van der Waals surface area contributed by atoms with Crippen LogP contribution in [0.25, 0.3) is 0 Å². The van der Waals surface area contributed by atoms with Crippen LogP contribution in [0.15, 0.2) is 29.3 Å². The summed E-state index contributed by atoms with van der Waals surface area (Å²) in [7, 11) is 0. The zero-order chi connectivity index (χ0) is 11.7. The molecule has 16 heavy (non-hydrogen) atoms. The summed E-state index contributed by atoms with van der Waals surface area (Å²) >= 11 is 0. The van der Waals surface area contributed by atoms with Crippen LogP contribution in [-0.2, 0) is 4.79 Å². The highest BCUT2D eigenvalue weighted by atomic mass is 16.4. The van der Waals surface area contributed by atoms with Crippen molar-refractivity contribution in [3.05, 3.63) is 29.8 Å². The van der Waals surface area contributed by atoms with Crippen LogP contribution >= 0.6 is 0 Å². The molecule has 0 aliphatic carbocycles. The Balaban J connectivity index is 2.45. The number of nitrogens with zero attached hydrogens (tertiary/aromatic N) is 2. The number of anilines is 1. The fourth-order valence-corrected chi connectivity index (χ4v) is 1.68. The lowest BCUT2D eigenvalue weighted by molar-refractivity contribution is -0.115. The third-order valence-corrected chi connectivity index (χ3v) is 2.40. The third-order valence-electron chi connectivity index (χ3n) is 2.40. The van der Waals surface area contributed by atoms with E-state index in [4.69, 9.17) is 5.11 Å². The van der Waals surface area contributed by atoms with E-state index in [-0.39, 0.29) is 18.0 Å². The van der Waals surface area contributed by atoms with Gasteiger partial charge in [0.2, 0.25) is 0 Å². The third kappa shape index (κ3) is 1.67. The molecule has 2 rings (SSSR count). The van der Waals surface area contributed by atoms with Crippen LogP contribution < -0.4 is 4.90 Å². The summed E-state index contributed by atoms with van der Waals surface area (Å²) in [6.45, 7) is 1.79. The first-order valence-corrected chi connectivity index (χ1v) is 4.77. The molecule has 0 radical (unpaired) electrons. The van der Waals surface area contributed by atoms with E-state index >= 15 is 0 Å². The molecule has 0 fully saturated rings. The monoisotopic (exact) mass is 218 g/mol. The fourth-order valence-electron chi connectivity index (χ4n) is 1.68. The molecule has 0 aromatic heterocycles. The van der Waals surface area contributed by atoms with Crippen LogP contribution in [0.4, 0.5) is 5.69 Å². The summed E-state index contributed by atoms with van der Waals surface area (Å²) in [5.41, 5.74) is 0.675. The Kier molecular flexibility index (Phi) is 2.44. The number of hydrogen-bond donors (Lipinski definition) is 1. The number of para-hydroxylation sites is 1. The summed E-state index contributed by atoms with van der Waals surface area (Å²) in [4.78, 5) is 27.5. The number of aromatic carboxylic acids is 1. The number of carbonyl (C=O) groups is 2. The molecule has 1 aliphatic rings. The van der Waals surface area contributed by atoms with Gasteiger partial charge in [0.05, 0.1) is 11.3 Å². The molecule has 1 aromatic rings. The zero-order valence-corrected chi connectivity index (χ0v) is 8.67. The quantitative estimate of drug-likeness (QED) is 0.808. The van der Waals surface area contributed by atoms with E-state index in [1.807, 2.05) is 0 Å². The van der Waals surface area contributed by atoms with Gasteiger partial charge in [0.1, 0.15) is 12.4 Å². The number of carboxylic acid groups (broad SMARTS) is 1. The lowest BCUT2D eigenvalue weighted by Gasteiger charge is -2.18. The number of amides is 1. The summed E-state index contributed by atoms with van der Waals surface area (Å²) in [5, 5.41) is 9.03. The normalized spacial score (nSPS) is 15.2. The van der Waals surface area contributed by atoms with Crippen molar-refractivity contribution in [3.63, 3.8) is 0 Å². The molecular weight excluding hydrogens is 208 g/mol. The fraction of sp³-hybridized carbons (Fsp3) is 0.182. The van der Waals surface area contributed by atoms with E-state index in [0.717, 1.165) is 0 Å². The minimum atomic E-state index is -1.01. The summed E-state index contributed by atoms with van der Waals surface area (Å²) < 4.78 is 0. The maximum absolute atomic E-state index is 11.1. The predicted molar refractivity (Wildman–Crippen MR) is 58.9 cm³/mol. The average Bonchev–Trinajstić information content (AvgIpc) is 2.57. The highest BCUT2D eigenvalue weighted by molar-refractivity contribution is 6.13. The Bertz CT molecular complexity index is 494. The molecule has 82 valence electrons. The van der Waals surface area contributed by atoms with Gasteiger partial charge in [-0.15, -0.1) is 0 Å². The van der Waals surface area contributed by atoms with E-state index < -0.39 is 5.97 Å². The second-order valence-electron chi connectivity index (χ2n) is 3.46. The molecule has 1 aromatic carbocycles. The van der Waals surface area contributed by atoms with Crippen molar-refractivity contribution in [2.24, 2.45) is 4.99 Å². The number of rotatable bonds is 2. The van der Waals surface area contributed by atoms with Crippen LogP contribution in [0.3, 0.4) is 0 Å². The number of carboxylic acids is 1. The van der Waals surface area contributed by atoms with Gasteiger partial charge in [0.25, 0.3) is 5.91 Å². The molecule has 1 heterocycles. The number of aliphatic imine (C=N–C) groups is 1. The molecular formula is C11H10N2O3. The first-order chi connectivity index (χ1) is 7.59. The van der Waals surface area contributed by atoms with Crippen molar-refractivity contribution in [1.29, 1.82) is 0 Å². The van der Waals surface area contributed by atoms with Crippen molar-refractivity contribution in [2.75, 3.05) is 11.4 Å². The number of carbonyl (C=O) groups excluding carboxylic acids is 1. The largest absolute Gasteiger partial charge is 0.478 e. The number of hydrogen-bond acceptors (Lipinski definition) is 3. The molecule has 0 saturated carbocycles. The Morgan fingerprint density at radius 3 is 2.69 bits per heavy atom. The molecule has 1 aliphatic heterocycles. The molecule has 5 heteroatoms. The van der Waals surface area contributed by atoms with Crippen LogP contribution in [0, 0.1) is 0 Å². The van der Waals surface area contributed by atoms with E-state index in [2.05, 4.69) is 4.99 Å². The van der Waals surface area contributed by atoms with Gasteiger partial charge in [-0.2, -0.15) is 4.99 Å². The molecule has 1 amide bonds. The summed E-state index contributed by atoms with van der Waals surface area (Å²) in [6.07, 6.45) is 0. The second kappa shape index (κ2) is 3.77. The molecule has 0 spiro atoms. The van der Waals surface area contributed by atoms with Crippen molar-refractivity contribution in [1.82, 2.24) is 0 Å². The van der Waals surface area contributed by atoms with Crippen LogP contribution in [0.1, 0.15) is 17.3 Å². The van der Waals surface area contributed by atoms with Gasteiger partial charge in [-0.1, -0.05) is 12.1 Å². The lowest BCUT2D eigenvalue weighted by atomic mass is 10.1. The molecule has 5 nitrogen and oxygen atoms in total. The lowest BCUT2D eigenvalue weighted by Crippen LogP contribution is -2.27. The van der Waals surface area contributed by atoms with Crippen LogP contribution in [0.5, 0.6) is 0 Å². The molecule has 0 atom stereocenters. The first kappa shape index (κ1) is 10.4. The van der Waals surface area contributed by atoms with Crippen molar-refractivity contribution < 1.29 is 14.7 Å². The SMILES string of the molecule is CC1=NC(=O)CN1c1ccccc1C(=O)O. The van der Waals surface area contributed by atoms with E-state index in [9.17, 15) is 9.59 Å². The van der Waals surface area contributed by atoms with E-state index in [1.54, 1.807) is 30.0 Å². The first-order valence-electron chi connectivity index (χ1n) is 4.77. The van der Waals surface area contributed by atoms with Gasteiger partial charge in [0.15, 0.2) is 0 Å². The van der Waals surface area contributed by atoms with Crippen LogP contribution in [0.2, 0.25) is 0 Å².